The fourth-order valence-corrected chi connectivity index (χ4v) is 2.70. The van der Waals surface area contributed by atoms with E-state index in [9.17, 15) is 19.5 Å². The molecule has 3 rings (SSSR count). The van der Waals surface area contributed by atoms with E-state index in [4.69, 9.17) is 4.74 Å². The number of benzene rings is 2. The van der Waals surface area contributed by atoms with Crippen molar-refractivity contribution >= 4 is 23.5 Å². The van der Waals surface area contributed by atoms with E-state index in [1.54, 1.807) is 44.4 Å². The molecule has 0 unspecified atom stereocenters. The van der Waals surface area contributed by atoms with E-state index in [-0.39, 0.29) is 30.5 Å². The molecule has 0 bridgehead atoms. The number of fused-ring (bicyclic) bond motifs is 1. The second-order valence-electron chi connectivity index (χ2n) is 6.15. The van der Waals surface area contributed by atoms with Crippen LogP contribution in [0.15, 0.2) is 42.5 Å². The molecule has 134 valence electrons. The summed E-state index contributed by atoms with van der Waals surface area (Å²) < 4.78 is 5.38. The summed E-state index contributed by atoms with van der Waals surface area (Å²) in [4.78, 5) is 38.4. The van der Waals surface area contributed by atoms with Gasteiger partial charge in [-0.05, 0) is 35.9 Å². The molecule has 7 heteroatoms. The summed E-state index contributed by atoms with van der Waals surface area (Å²) in [5, 5.41) is 9.18. The van der Waals surface area contributed by atoms with Gasteiger partial charge < -0.3 is 19.6 Å². The highest BCUT2D eigenvalue weighted by molar-refractivity contribution is 6.00. The van der Waals surface area contributed by atoms with E-state index in [2.05, 4.69) is 0 Å². The summed E-state index contributed by atoms with van der Waals surface area (Å²) in [6.45, 7) is 0.158. The van der Waals surface area contributed by atoms with Gasteiger partial charge >= 0.3 is 5.97 Å². The molecular weight excluding hydrogens is 336 g/mol. The van der Waals surface area contributed by atoms with Crippen molar-refractivity contribution < 1.29 is 24.2 Å². The van der Waals surface area contributed by atoms with Crippen molar-refractivity contribution in [2.24, 2.45) is 0 Å². The van der Waals surface area contributed by atoms with E-state index >= 15 is 0 Å². The largest absolute Gasteiger partial charge is 0.482 e. The maximum Gasteiger partial charge on any atom is 0.335 e. The highest BCUT2D eigenvalue weighted by Gasteiger charge is 2.26. The zero-order chi connectivity index (χ0) is 18.8. The minimum atomic E-state index is -1.07. The third-order valence-corrected chi connectivity index (χ3v) is 4.10. The summed E-state index contributed by atoms with van der Waals surface area (Å²) in [6.07, 6.45) is 0. The molecule has 2 aromatic rings. The summed E-state index contributed by atoms with van der Waals surface area (Å²) in [5.74, 6) is -0.963. The molecule has 0 spiro atoms. The number of anilines is 1. The SMILES string of the molecule is CN(C)C(=O)c1ccc(CN2C(=O)COc3ccc(C(=O)O)cc32)cc1. The topological polar surface area (TPSA) is 87.2 Å². The lowest BCUT2D eigenvalue weighted by atomic mass is 10.1. The number of ether oxygens (including phenoxy) is 1. The number of rotatable bonds is 4. The van der Waals surface area contributed by atoms with Crippen LogP contribution in [0.3, 0.4) is 0 Å². The molecule has 0 radical (unpaired) electrons. The number of carboxylic acid groups (broad SMARTS) is 1. The number of nitrogens with zero attached hydrogens (tertiary/aromatic N) is 2. The van der Waals surface area contributed by atoms with Crippen molar-refractivity contribution in [2.75, 3.05) is 25.6 Å². The standard InChI is InChI=1S/C19H18N2O5/c1-20(2)18(23)13-5-3-12(4-6-13)10-21-15-9-14(19(24)25)7-8-16(15)26-11-17(21)22/h3-9H,10-11H2,1-2H3,(H,24,25). The first-order chi connectivity index (χ1) is 12.4. The maximum absolute atomic E-state index is 12.3. The Morgan fingerprint density at radius 2 is 1.77 bits per heavy atom. The average Bonchev–Trinajstić information content (AvgIpc) is 2.63. The van der Waals surface area contributed by atoms with Crippen LogP contribution in [0, 0.1) is 0 Å². The van der Waals surface area contributed by atoms with E-state index in [0.29, 0.717) is 17.0 Å². The van der Waals surface area contributed by atoms with Gasteiger partial charge in [-0.3, -0.25) is 9.59 Å². The van der Waals surface area contributed by atoms with Crippen LogP contribution in [0.1, 0.15) is 26.3 Å². The molecule has 26 heavy (non-hydrogen) atoms. The maximum atomic E-state index is 12.3. The molecule has 1 heterocycles. The number of amides is 2. The van der Waals surface area contributed by atoms with Gasteiger partial charge in [0.25, 0.3) is 11.8 Å². The minimum absolute atomic E-state index is 0.0824. The Balaban J connectivity index is 1.88. The third kappa shape index (κ3) is 3.37. The zero-order valence-electron chi connectivity index (χ0n) is 14.4. The molecule has 2 aromatic carbocycles. The fraction of sp³-hybridized carbons (Fsp3) is 0.211. The fourth-order valence-electron chi connectivity index (χ4n) is 2.70. The van der Waals surface area contributed by atoms with E-state index in [1.165, 1.54) is 21.9 Å². The quantitative estimate of drug-likeness (QED) is 0.908. The first kappa shape index (κ1) is 17.5. The predicted octanol–water partition coefficient (Wildman–Crippen LogP) is 2.01. The Labute approximate surface area is 150 Å². The van der Waals surface area contributed by atoms with Gasteiger partial charge in [-0.2, -0.15) is 0 Å². The number of hydrogen-bond acceptors (Lipinski definition) is 4. The van der Waals surface area contributed by atoms with Crippen LogP contribution in [-0.4, -0.2) is 48.5 Å². The van der Waals surface area contributed by atoms with Gasteiger partial charge in [0.05, 0.1) is 17.8 Å². The predicted molar refractivity (Wildman–Crippen MR) is 94.5 cm³/mol. The van der Waals surface area contributed by atoms with Crippen LogP contribution >= 0.6 is 0 Å². The highest BCUT2D eigenvalue weighted by Crippen LogP contribution is 2.34. The molecule has 0 aromatic heterocycles. The monoisotopic (exact) mass is 354 g/mol. The number of carbonyl (C=O) groups is 3. The van der Waals surface area contributed by atoms with Crippen LogP contribution in [-0.2, 0) is 11.3 Å². The molecule has 2 amide bonds. The average molecular weight is 354 g/mol. The zero-order valence-corrected chi connectivity index (χ0v) is 14.4. The second-order valence-corrected chi connectivity index (χ2v) is 6.15. The summed E-state index contributed by atoms with van der Waals surface area (Å²) in [6, 6.07) is 11.4. The molecule has 0 atom stereocenters. The van der Waals surface area contributed by atoms with Crippen LogP contribution in [0.25, 0.3) is 0 Å². The van der Waals surface area contributed by atoms with Crippen molar-refractivity contribution in [1.82, 2.24) is 4.90 Å². The van der Waals surface area contributed by atoms with E-state index in [1.807, 2.05) is 0 Å². The molecule has 1 N–H and O–H groups in total. The number of carbonyl (C=O) groups excluding carboxylic acids is 2. The van der Waals surface area contributed by atoms with Crippen LogP contribution in [0.5, 0.6) is 5.75 Å². The van der Waals surface area contributed by atoms with Crippen LogP contribution < -0.4 is 9.64 Å². The number of hydrogen-bond donors (Lipinski definition) is 1. The number of aromatic carboxylic acids is 1. The van der Waals surface area contributed by atoms with Gasteiger partial charge in [0.15, 0.2) is 6.61 Å². The van der Waals surface area contributed by atoms with Crippen molar-refractivity contribution in [3.05, 3.63) is 59.2 Å². The summed E-state index contributed by atoms with van der Waals surface area (Å²) in [7, 11) is 3.36. The van der Waals surface area contributed by atoms with E-state index in [0.717, 1.165) is 5.56 Å². The lowest BCUT2D eigenvalue weighted by molar-refractivity contribution is -0.121. The molecule has 0 saturated carbocycles. The molecule has 1 aliphatic rings. The Morgan fingerprint density at radius 3 is 2.38 bits per heavy atom. The normalized spacial score (nSPS) is 13.0. The van der Waals surface area contributed by atoms with Gasteiger partial charge in [-0.15, -0.1) is 0 Å². The van der Waals surface area contributed by atoms with Crippen LogP contribution in [0.2, 0.25) is 0 Å². The minimum Gasteiger partial charge on any atom is -0.482 e. The van der Waals surface area contributed by atoms with Gasteiger partial charge in [-0.1, -0.05) is 12.1 Å². The molecule has 0 saturated heterocycles. The first-order valence-electron chi connectivity index (χ1n) is 7.98. The third-order valence-electron chi connectivity index (χ3n) is 4.10. The Hall–Kier alpha value is -3.35. The molecule has 7 nitrogen and oxygen atoms in total. The van der Waals surface area contributed by atoms with Crippen molar-refractivity contribution in [3.63, 3.8) is 0 Å². The Bertz CT molecular complexity index is 874. The first-order valence-corrected chi connectivity index (χ1v) is 7.98. The molecule has 0 fully saturated rings. The number of carboxylic acids is 1. The molecular formula is C19H18N2O5. The van der Waals surface area contributed by atoms with Gasteiger partial charge in [0.1, 0.15) is 5.75 Å². The van der Waals surface area contributed by atoms with Crippen molar-refractivity contribution in [2.45, 2.75) is 6.54 Å². The van der Waals surface area contributed by atoms with Gasteiger partial charge in [0, 0.05) is 19.7 Å². The van der Waals surface area contributed by atoms with Crippen LogP contribution in [0.4, 0.5) is 5.69 Å². The lowest BCUT2D eigenvalue weighted by Gasteiger charge is -2.29. The van der Waals surface area contributed by atoms with Gasteiger partial charge in [-0.25, -0.2) is 4.79 Å². The Kier molecular flexibility index (Phi) is 4.62. The highest BCUT2D eigenvalue weighted by atomic mass is 16.5. The van der Waals surface area contributed by atoms with Crippen molar-refractivity contribution in [1.29, 1.82) is 0 Å². The molecule has 0 aliphatic carbocycles. The summed E-state index contributed by atoms with van der Waals surface area (Å²) >= 11 is 0. The van der Waals surface area contributed by atoms with Crippen molar-refractivity contribution in [3.8, 4) is 5.75 Å². The Morgan fingerprint density at radius 1 is 1.12 bits per heavy atom. The molecule has 1 aliphatic heterocycles. The van der Waals surface area contributed by atoms with E-state index < -0.39 is 5.97 Å². The second kappa shape index (κ2) is 6.87. The smallest absolute Gasteiger partial charge is 0.335 e. The summed E-state index contributed by atoms with van der Waals surface area (Å²) in [5.41, 5.74) is 1.89. The van der Waals surface area contributed by atoms with Gasteiger partial charge in [0.2, 0.25) is 0 Å². The lowest BCUT2D eigenvalue weighted by Crippen LogP contribution is -2.38.